The van der Waals surface area contributed by atoms with Crippen molar-refractivity contribution in [2.45, 2.75) is 31.5 Å². The first-order chi connectivity index (χ1) is 9.60. The Hall–Kier alpha value is -1.48. The molecule has 0 radical (unpaired) electrons. The van der Waals surface area contributed by atoms with Crippen LogP contribution in [0.1, 0.15) is 18.2 Å². The van der Waals surface area contributed by atoms with Crippen LogP contribution in [0.5, 0.6) is 0 Å². The lowest BCUT2D eigenvalue weighted by Crippen LogP contribution is -2.29. The van der Waals surface area contributed by atoms with Crippen molar-refractivity contribution in [1.29, 1.82) is 0 Å². The Morgan fingerprint density at radius 2 is 2.40 bits per heavy atom. The van der Waals surface area contributed by atoms with Gasteiger partial charge in [0.15, 0.2) is 0 Å². The first kappa shape index (κ1) is 14.9. The molecule has 8 heteroatoms. The third kappa shape index (κ3) is 2.83. The van der Waals surface area contributed by atoms with Crippen LogP contribution in [0, 0.1) is 0 Å². The molecule has 3 atom stereocenters. The summed E-state index contributed by atoms with van der Waals surface area (Å²) in [4.78, 5) is 15.9. The highest BCUT2D eigenvalue weighted by Gasteiger charge is 2.35. The number of nitrogens with zero attached hydrogens (tertiary/aromatic N) is 2. The number of aliphatic hydroxyl groups excluding tert-OH is 2. The van der Waals surface area contributed by atoms with E-state index >= 15 is 0 Å². The monoisotopic (exact) mass is 285 g/mol. The third-order valence-corrected chi connectivity index (χ3v) is 3.26. The molecule has 8 nitrogen and oxygen atoms in total. The van der Waals surface area contributed by atoms with E-state index in [1.54, 1.807) is 20.4 Å². The average Bonchev–Trinajstić information content (AvgIpc) is 2.81. The first-order valence-corrected chi connectivity index (χ1v) is 6.33. The van der Waals surface area contributed by atoms with Crippen molar-refractivity contribution in [2.24, 2.45) is 0 Å². The number of anilines is 1. The van der Waals surface area contributed by atoms with Gasteiger partial charge in [-0.05, 0) is 0 Å². The Kier molecular flexibility index (Phi) is 4.71. The topological polar surface area (TPSA) is 106 Å². The Labute approximate surface area is 116 Å². The van der Waals surface area contributed by atoms with Crippen LogP contribution in [0.2, 0.25) is 0 Å². The molecular weight excluding hydrogens is 266 g/mol. The van der Waals surface area contributed by atoms with E-state index in [0.29, 0.717) is 18.0 Å². The predicted molar refractivity (Wildman–Crippen MR) is 70.4 cm³/mol. The average molecular weight is 285 g/mol. The van der Waals surface area contributed by atoms with Crippen LogP contribution in [-0.4, -0.2) is 52.7 Å². The van der Waals surface area contributed by atoms with E-state index in [1.807, 2.05) is 0 Å². The van der Waals surface area contributed by atoms with Crippen molar-refractivity contribution in [3.05, 3.63) is 22.2 Å². The largest absolute Gasteiger partial charge is 0.394 e. The lowest BCUT2D eigenvalue weighted by Gasteiger charge is -2.16. The molecule has 0 aliphatic carbocycles. The van der Waals surface area contributed by atoms with Gasteiger partial charge in [0.1, 0.15) is 18.1 Å². The minimum atomic E-state index is -0.799. The van der Waals surface area contributed by atoms with Crippen LogP contribution in [0.15, 0.2) is 11.0 Å². The lowest BCUT2D eigenvalue weighted by molar-refractivity contribution is -0.0460. The van der Waals surface area contributed by atoms with Gasteiger partial charge in [0.25, 0.3) is 0 Å². The summed E-state index contributed by atoms with van der Waals surface area (Å²) in [5.74, 6) is 0.449. The van der Waals surface area contributed by atoms with E-state index in [1.165, 1.54) is 4.57 Å². The van der Waals surface area contributed by atoms with Crippen molar-refractivity contribution in [3.63, 3.8) is 0 Å². The highest BCUT2D eigenvalue weighted by Crippen LogP contribution is 2.28. The van der Waals surface area contributed by atoms with Crippen LogP contribution in [0.25, 0.3) is 0 Å². The van der Waals surface area contributed by atoms with E-state index in [2.05, 4.69) is 10.3 Å². The smallest absolute Gasteiger partial charge is 0.351 e. The summed E-state index contributed by atoms with van der Waals surface area (Å²) in [5.41, 5.74) is 0.227. The fourth-order valence-electron chi connectivity index (χ4n) is 2.24. The first-order valence-electron chi connectivity index (χ1n) is 6.33. The van der Waals surface area contributed by atoms with Crippen LogP contribution < -0.4 is 11.0 Å². The van der Waals surface area contributed by atoms with E-state index in [0.717, 1.165) is 0 Å². The fraction of sp³-hybridized carbons (Fsp3) is 0.667. The number of rotatable bonds is 5. The maximum Gasteiger partial charge on any atom is 0.351 e. The summed E-state index contributed by atoms with van der Waals surface area (Å²) >= 11 is 0. The highest BCUT2D eigenvalue weighted by molar-refractivity contribution is 5.41. The zero-order valence-corrected chi connectivity index (χ0v) is 11.4. The molecule has 2 heterocycles. The van der Waals surface area contributed by atoms with E-state index in [4.69, 9.17) is 14.6 Å². The van der Waals surface area contributed by atoms with Crippen LogP contribution in [-0.2, 0) is 16.1 Å². The predicted octanol–water partition coefficient (Wildman–Crippen LogP) is -0.928. The van der Waals surface area contributed by atoms with Crippen molar-refractivity contribution in [3.8, 4) is 0 Å². The second-order valence-electron chi connectivity index (χ2n) is 4.60. The van der Waals surface area contributed by atoms with Gasteiger partial charge in [0, 0.05) is 32.3 Å². The molecule has 0 aromatic carbocycles. The molecule has 2 rings (SSSR count). The second kappa shape index (κ2) is 6.31. The number of aromatic nitrogens is 2. The summed E-state index contributed by atoms with van der Waals surface area (Å²) in [6.07, 6.45) is -0.280. The minimum Gasteiger partial charge on any atom is -0.394 e. The van der Waals surface area contributed by atoms with Crippen molar-refractivity contribution >= 4 is 5.82 Å². The van der Waals surface area contributed by atoms with Crippen molar-refractivity contribution in [2.75, 3.05) is 26.1 Å². The van der Waals surface area contributed by atoms with E-state index in [9.17, 15) is 9.90 Å². The van der Waals surface area contributed by atoms with Gasteiger partial charge in [0.2, 0.25) is 0 Å². The number of hydrogen-bond acceptors (Lipinski definition) is 7. The van der Waals surface area contributed by atoms with E-state index < -0.39 is 24.1 Å². The Morgan fingerprint density at radius 3 is 2.95 bits per heavy atom. The molecule has 1 fully saturated rings. The minimum absolute atomic E-state index is 0.234. The molecule has 1 aliphatic rings. The third-order valence-electron chi connectivity index (χ3n) is 3.26. The molecule has 0 amide bonds. The molecule has 1 saturated heterocycles. The normalized spacial score (nSPS) is 25.9. The van der Waals surface area contributed by atoms with Gasteiger partial charge in [-0.25, -0.2) is 4.79 Å². The van der Waals surface area contributed by atoms with Crippen LogP contribution >= 0.6 is 0 Å². The zero-order chi connectivity index (χ0) is 14.7. The molecule has 112 valence electrons. The molecule has 0 saturated carbocycles. The maximum atomic E-state index is 12.0. The summed E-state index contributed by atoms with van der Waals surface area (Å²) in [7, 11) is 3.22. The zero-order valence-electron chi connectivity index (χ0n) is 11.4. The van der Waals surface area contributed by atoms with Crippen LogP contribution in [0.3, 0.4) is 0 Å². The summed E-state index contributed by atoms with van der Waals surface area (Å²) in [6.45, 7) is 0.00152. The summed E-state index contributed by atoms with van der Waals surface area (Å²) in [5, 5.41) is 21.6. The molecule has 0 spiro atoms. The molecule has 3 N–H and O–H groups in total. The quantitative estimate of drug-likeness (QED) is 0.642. The van der Waals surface area contributed by atoms with Gasteiger partial charge >= 0.3 is 5.69 Å². The Balaban J connectivity index is 2.32. The summed E-state index contributed by atoms with van der Waals surface area (Å²) in [6, 6.07) is 0. The van der Waals surface area contributed by atoms with Gasteiger partial charge in [-0.3, -0.25) is 4.57 Å². The Morgan fingerprint density at radius 1 is 1.65 bits per heavy atom. The number of ether oxygens (including phenoxy) is 2. The Bertz CT molecular complexity index is 518. The van der Waals surface area contributed by atoms with Crippen molar-refractivity contribution < 1.29 is 19.7 Å². The number of aliphatic hydroxyl groups is 2. The maximum absolute atomic E-state index is 12.0. The van der Waals surface area contributed by atoms with Gasteiger partial charge in [-0.1, -0.05) is 0 Å². The molecule has 20 heavy (non-hydrogen) atoms. The number of methoxy groups -OCH3 is 1. The number of nitrogens with one attached hydrogen (secondary N) is 1. The summed E-state index contributed by atoms with van der Waals surface area (Å²) < 4.78 is 11.8. The van der Waals surface area contributed by atoms with E-state index in [-0.39, 0.29) is 13.0 Å². The van der Waals surface area contributed by atoms with Gasteiger partial charge < -0.3 is 25.0 Å². The lowest BCUT2D eigenvalue weighted by atomic mass is 10.2. The SMILES string of the molecule is CNc1nc(=O)n(C2CC(O)C(CO)O2)cc1COC. The molecule has 1 aromatic heterocycles. The molecule has 1 aliphatic heterocycles. The van der Waals surface area contributed by atoms with Crippen molar-refractivity contribution in [1.82, 2.24) is 9.55 Å². The molecule has 3 unspecified atom stereocenters. The molecule has 1 aromatic rings. The van der Waals surface area contributed by atoms with Gasteiger partial charge in [0.05, 0.1) is 19.3 Å². The fourth-order valence-corrected chi connectivity index (χ4v) is 2.24. The van der Waals surface area contributed by atoms with Crippen LogP contribution in [0.4, 0.5) is 5.82 Å². The molecular formula is C12H19N3O5. The highest BCUT2D eigenvalue weighted by atomic mass is 16.5. The standard InChI is InChI=1S/C12H19N3O5/c1-13-11-7(6-19-2)4-15(12(18)14-11)10-3-8(17)9(5-16)20-10/h4,8-10,16-17H,3,5-6H2,1-2H3,(H,13,14,18). The second-order valence-corrected chi connectivity index (χ2v) is 4.60. The van der Waals surface area contributed by atoms with Gasteiger partial charge in [-0.15, -0.1) is 0 Å². The van der Waals surface area contributed by atoms with Gasteiger partial charge in [-0.2, -0.15) is 4.98 Å². The molecule has 0 bridgehead atoms. The number of hydrogen-bond donors (Lipinski definition) is 3.